The van der Waals surface area contributed by atoms with Crippen LogP contribution in [0.3, 0.4) is 0 Å². The van der Waals surface area contributed by atoms with Gasteiger partial charge in [-0.1, -0.05) is 107 Å². The Hall–Kier alpha value is -4.43. The summed E-state index contributed by atoms with van der Waals surface area (Å²) in [7, 11) is 0. The molecule has 0 saturated carbocycles. The molecule has 2 nitrogen and oxygen atoms in total. The van der Waals surface area contributed by atoms with E-state index >= 15 is 0 Å². The third kappa shape index (κ3) is 8.49. The summed E-state index contributed by atoms with van der Waals surface area (Å²) in [5, 5.41) is 5.01. The van der Waals surface area contributed by atoms with Gasteiger partial charge in [0.2, 0.25) is 0 Å². The van der Waals surface area contributed by atoms with Crippen molar-refractivity contribution in [2.24, 2.45) is 11.8 Å². The first-order chi connectivity index (χ1) is 22.4. The van der Waals surface area contributed by atoms with Crippen LogP contribution >= 0.6 is 0 Å². The van der Waals surface area contributed by atoms with Crippen LogP contribution in [-0.4, -0.2) is 9.97 Å². The maximum atomic E-state index is 4.79. The summed E-state index contributed by atoms with van der Waals surface area (Å²) in [6, 6.07) is 49.1. The van der Waals surface area contributed by atoms with Gasteiger partial charge in [-0.3, -0.25) is 0 Å². The molecule has 0 unspecified atom stereocenters. The molecule has 47 heavy (non-hydrogen) atoms. The SMILES string of the molecule is CC(C)Cc1[c-]c(-c2nccc3c2ccc2ccccc23)cc(CC(C)C)c1.[Ir].[c-]1ccc(-c2ccccc2)cc1-c1ccccn1. The molecule has 2 heterocycles. The van der Waals surface area contributed by atoms with Crippen LogP contribution in [0.1, 0.15) is 38.8 Å². The van der Waals surface area contributed by atoms with Crippen LogP contribution < -0.4 is 0 Å². The summed E-state index contributed by atoms with van der Waals surface area (Å²) in [6.45, 7) is 9.09. The largest absolute Gasteiger partial charge is 0.305 e. The van der Waals surface area contributed by atoms with E-state index in [0.717, 1.165) is 35.4 Å². The van der Waals surface area contributed by atoms with E-state index in [-0.39, 0.29) is 20.1 Å². The predicted molar refractivity (Wildman–Crippen MR) is 195 cm³/mol. The standard InChI is InChI=1S/C27H28N.C17H12N.Ir/c1-18(2)13-20-15-21(14-19(3)4)17-23(16-20)27-26-10-9-22-7-5-6-8-24(22)25(26)11-12-28-27;1-2-7-14(8-3-1)15-9-6-10-16(13-15)17-11-4-5-12-18-17;/h5-12,15-16,18-19H,13-14H2,1-4H3;1-9,11-13H;/q2*-1;. The van der Waals surface area contributed by atoms with Crippen molar-refractivity contribution in [3.05, 3.63) is 157 Å². The van der Waals surface area contributed by atoms with E-state index in [0.29, 0.717) is 11.8 Å². The summed E-state index contributed by atoms with van der Waals surface area (Å²) in [5.41, 5.74) is 9.22. The van der Waals surface area contributed by atoms with Crippen molar-refractivity contribution in [3.63, 3.8) is 0 Å². The number of hydrogen-bond donors (Lipinski definition) is 0. The Morgan fingerprint density at radius 2 is 1.34 bits per heavy atom. The number of nitrogens with zero attached hydrogens (tertiary/aromatic N) is 2. The average Bonchev–Trinajstić information content (AvgIpc) is 3.08. The smallest absolute Gasteiger partial charge is 0.0167 e. The van der Waals surface area contributed by atoms with Crippen LogP contribution in [0.25, 0.3) is 55.2 Å². The quantitative estimate of drug-likeness (QED) is 0.119. The van der Waals surface area contributed by atoms with Crippen molar-refractivity contribution in [1.82, 2.24) is 9.97 Å². The molecule has 0 aliphatic carbocycles. The second-order valence-corrected chi connectivity index (χ2v) is 12.7. The maximum absolute atomic E-state index is 4.79. The molecule has 0 saturated heterocycles. The first-order valence-electron chi connectivity index (χ1n) is 16.2. The number of benzene rings is 5. The minimum atomic E-state index is 0. The second-order valence-electron chi connectivity index (χ2n) is 12.7. The zero-order valence-electron chi connectivity index (χ0n) is 27.5. The predicted octanol–water partition coefficient (Wildman–Crippen LogP) is 11.5. The molecule has 7 rings (SSSR count). The van der Waals surface area contributed by atoms with Crippen molar-refractivity contribution >= 4 is 21.5 Å². The maximum Gasteiger partial charge on any atom is 0.0167 e. The van der Waals surface area contributed by atoms with Gasteiger partial charge < -0.3 is 9.97 Å². The normalized spacial score (nSPS) is 10.9. The van der Waals surface area contributed by atoms with E-state index in [4.69, 9.17) is 4.98 Å². The molecule has 0 N–H and O–H groups in total. The molecule has 0 spiro atoms. The van der Waals surface area contributed by atoms with Gasteiger partial charge in [-0.2, -0.15) is 0 Å². The van der Waals surface area contributed by atoms with E-state index < -0.39 is 0 Å². The van der Waals surface area contributed by atoms with E-state index in [1.165, 1.54) is 43.8 Å². The molecule has 1 radical (unpaired) electrons. The van der Waals surface area contributed by atoms with E-state index in [9.17, 15) is 0 Å². The molecule has 0 aliphatic heterocycles. The van der Waals surface area contributed by atoms with E-state index in [2.05, 4.69) is 124 Å². The Balaban J connectivity index is 0.000000197. The molecule has 7 aromatic rings. The van der Waals surface area contributed by atoms with Crippen molar-refractivity contribution in [2.75, 3.05) is 0 Å². The van der Waals surface area contributed by atoms with Gasteiger partial charge in [-0.05, 0) is 75.3 Å². The fourth-order valence-corrected chi connectivity index (χ4v) is 6.06. The van der Waals surface area contributed by atoms with Crippen LogP contribution in [-0.2, 0) is 32.9 Å². The molecule has 0 atom stereocenters. The van der Waals surface area contributed by atoms with Crippen molar-refractivity contribution in [1.29, 1.82) is 0 Å². The average molecular weight is 789 g/mol. The first-order valence-corrected chi connectivity index (χ1v) is 16.2. The Morgan fingerprint density at radius 1 is 0.574 bits per heavy atom. The fraction of sp³-hybridized carbons (Fsp3) is 0.182. The van der Waals surface area contributed by atoms with E-state index in [1.807, 2.05) is 48.7 Å². The van der Waals surface area contributed by atoms with E-state index in [1.54, 1.807) is 6.20 Å². The number of aromatic nitrogens is 2. The molecule has 5 aromatic carbocycles. The zero-order chi connectivity index (χ0) is 31.9. The molecule has 237 valence electrons. The summed E-state index contributed by atoms with van der Waals surface area (Å²) in [5.74, 6) is 1.24. The number of rotatable bonds is 7. The fourth-order valence-electron chi connectivity index (χ4n) is 6.06. The first kappa shape index (κ1) is 33.9. The van der Waals surface area contributed by atoms with Crippen LogP contribution in [0.15, 0.2) is 134 Å². The molecular formula is C44H40IrN2-2. The summed E-state index contributed by atoms with van der Waals surface area (Å²) < 4.78 is 0. The minimum Gasteiger partial charge on any atom is -0.305 e. The molecule has 0 fully saturated rings. The van der Waals surface area contributed by atoms with Gasteiger partial charge >= 0.3 is 0 Å². The summed E-state index contributed by atoms with van der Waals surface area (Å²) in [6.07, 6.45) is 5.88. The monoisotopic (exact) mass is 789 g/mol. The van der Waals surface area contributed by atoms with Crippen LogP contribution in [0.5, 0.6) is 0 Å². The van der Waals surface area contributed by atoms with Gasteiger partial charge in [0.25, 0.3) is 0 Å². The third-order valence-electron chi connectivity index (χ3n) is 8.03. The van der Waals surface area contributed by atoms with Crippen molar-refractivity contribution in [3.8, 4) is 33.6 Å². The molecule has 3 heteroatoms. The Kier molecular flexibility index (Phi) is 11.5. The zero-order valence-corrected chi connectivity index (χ0v) is 29.9. The Morgan fingerprint density at radius 3 is 2.11 bits per heavy atom. The minimum absolute atomic E-state index is 0. The second kappa shape index (κ2) is 15.9. The van der Waals surface area contributed by atoms with Gasteiger partial charge in [0.05, 0.1) is 0 Å². The summed E-state index contributed by atoms with van der Waals surface area (Å²) in [4.78, 5) is 9.15. The van der Waals surface area contributed by atoms with Gasteiger partial charge in [0.1, 0.15) is 0 Å². The Labute approximate surface area is 293 Å². The Bertz CT molecular complexity index is 1970. The van der Waals surface area contributed by atoms with Gasteiger partial charge in [0, 0.05) is 32.5 Å². The van der Waals surface area contributed by atoms with Gasteiger partial charge in [-0.15, -0.1) is 70.3 Å². The van der Waals surface area contributed by atoms with Crippen LogP contribution in [0.4, 0.5) is 0 Å². The molecule has 2 aromatic heterocycles. The van der Waals surface area contributed by atoms with Crippen molar-refractivity contribution < 1.29 is 20.1 Å². The molecule has 0 aliphatic rings. The van der Waals surface area contributed by atoms with Crippen molar-refractivity contribution in [2.45, 2.75) is 40.5 Å². The summed E-state index contributed by atoms with van der Waals surface area (Å²) >= 11 is 0. The van der Waals surface area contributed by atoms with Gasteiger partial charge in [-0.25, -0.2) is 0 Å². The van der Waals surface area contributed by atoms with Gasteiger partial charge in [0.15, 0.2) is 0 Å². The number of pyridine rings is 2. The van der Waals surface area contributed by atoms with Crippen LogP contribution in [0, 0.1) is 24.0 Å². The molecule has 0 bridgehead atoms. The third-order valence-corrected chi connectivity index (χ3v) is 8.03. The van der Waals surface area contributed by atoms with Crippen LogP contribution in [0.2, 0.25) is 0 Å². The molecule has 0 amide bonds. The number of fused-ring (bicyclic) bond motifs is 3. The number of hydrogen-bond acceptors (Lipinski definition) is 2. The molecular weight excluding hydrogens is 749 g/mol. The topological polar surface area (TPSA) is 25.8 Å².